The largest absolute Gasteiger partial charge is 0.351 e. The van der Waals surface area contributed by atoms with E-state index in [9.17, 15) is 4.79 Å². The van der Waals surface area contributed by atoms with Crippen LogP contribution >= 0.6 is 12.2 Å². The highest BCUT2D eigenvalue weighted by Crippen LogP contribution is 2.44. The Hall–Kier alpha value is -3.97. The fourth-order valence-corrected chi connectivity index (χ4v) is 5.69. The molecule has 7 heteroatoms. The summed E-state index contributed by atoms with van der Waals surface area (Å²) in [6.45, 7) is 12.2. The van der Waals surface area contributed by atoms with Crippen LogP contribution in [-0.2, 0) is 4.79 Å². The van der Waals surface area contributed by atoms with Crippen molar-refractivity contribution in [2.24, 2.45) is 5.92 Å². The number of aromatic nitrogens is 2. The van der Waals surface area contributed by atoms with Gasteiger partial charge in [-0.25, -0.2) is 0 Å². The van der Waals surface area contributed by atoms with Crippen LogP contribution in [0.2, 0.25) is 0 Å². The number of rotatable bonds is 6. The molecule has 2 aromatic heterocycles. The van der Waals surface area contributed by atoms with Crippen LogP contribution in [0.15, 0.2) is 72.9 Å². The van der Waals surface area contributed by atoms with Gasteiger partial charge in [-0.2, -0.15) is 0 Å². The summed E-state index contributed by atoms with van der Waals surface area (Å²) < 4.78 is 2.31. The van der Waals surface area contributed by atoms with Crippen molar-refractivity contribution in [1.82, 2.24) is 14.9 Å². The second kappa shape index (κ2) is 10.7. The zero-order chi connectivity index (χ0) is 27.8. The quantitative estimate of drug-likeness (QED) is 0.263. The Morgan fingerprint density at radius 2 is 1.69 bits per heavy atom. The van der Waals surface area contributed by atoms with Gasteiger partial charge >= 0.3 is 0 Å². The number of amides is 1. The molecule has 2 N–H and O–H groups in total. The molecule has 4 aromatic rings. The van der Waals surface area contributed by atoms with Crippen molar-refractivity contribution >= 4 is 34.6 Å². The molecule has 2 aromatic carbocycles. The smallest absolute Gasteiger partial charge is 0.226 e. The molecule has 0 saturated carbocycles. The summed E-state index contributed by atoms with van der Waals surface area (Å²) in [4.78, 5) is 19.2. The highest BCUT2D eigenvalue weighted by atomic mass is 32.1. The van der Waals surface area contributed by atoms with Crippen molar-refractivity contribution in [1.29, 1.82) is 0 Å². The first-order valence-corrected chi connectivity index (χ1v) is 13.7. The molecular weight excluding hydrogens is 502 g/mol. The fourth-order valence-electron chi connectivity index (χ4n) is 5.34. The molecule has 0 spiro atoms. The molecule has 39 heavy (non-hydrogen) atoms. The van der Waals surface area contributed by atoms with Crippen molar-refractivity contribution in [2.45, 2.75) is 53.6 Å². The first kappa shape index (κ1) is 26.6. The van der Waals surface area contributed by atoms with E-state index in [2.05, 4.69) is 77.3 Å². The molecule has 1 aliphatic rings. The molecule has 0 aliphatic carbocycles. The minimum atomic E-state index is -0.133. The highest BCUT2D eigenvalue weighted by Gasteiger charge is 2.42. The summed E-state index contributed by atoms with van der Waals surface area (Å²) in [5, 5.41) is 7.25. The van der Waals surface area contributed by atoms with Gasteiger partial charge in [0.1, 0.15) is 0 Å². The maximum absolute atomic E-state index is 12.3. The molecule has 200 valence electrons. The number of nitrogens with zero attached hydrogens (tertiary/aromatic N) is 3. The van der Waals surface area contributed by atoms with Crippen LogP contribution in [0.3, 0.4) is 0 Å². The van der Waals surface area contributed by atoms with Gasteiger partial charge in [-0.15, -0.1) is 0 Å². The van der Waals surface area contributed by atoms with Crippen LogP contribution in [0.5, 0.6) is 0 Å². The summed E-state index contributed by atoms with van der Waals surface area (Å²) in [5.74, 6) is -0.0902. The Morgan fingerprint density at radius 1 is 0.974 bits per heavy atom. The van der Waals surface area contributed by atoms with E-state index in [-0.39, 0.29) is 23.9 Å². The van der Waals surface area contributed by atoms with E-state index in [0.29, 0.717) is 5.11 Å². The number of hydrogen-bond acceptors (Lipinski definition) is 3. The van der Waals surface area contributed by atoms with Crippen molar-refractivity contribution in [3.63, 3.8) is 0 Å². The first-order valence-electron chi connectivity index (χ1n) is 13.3. The van der Waals surface area contributed by atoms with Crippen LogP contribution in [0.1, 0.15) is 59.7 Å². The molecule has 1 amide bonds. The first-order chi connectivity index (χ1) is 18.7. The normalized spacial score (nSPS) is 17.0. The lowest BCUT2D eigenvalue weighted by Gasteiger charge is -2.29. The van der Waals surface area contributed by atoms with E-state index >= 15 is 0 Å². The maximum atomic E-state index is 12.3. The Bertz CT molecular complexity index is 1520. The SMILES string of the molecule is Cc1ccc(-n2c(C)cc(C3C(c4ccccn4)NC(=S)N3c3ccc(NC(=O)C(C)C)c(C)c3)c2C)cc1. The summed E-state index contributed by atoms with van der Waals surface area (Å²) in [5.41, 5.74) is 9.57. The fraction of sp³-hybridized carbons (Fsp3) is 0.281. The van der Waals surface area contributed by atoms with Crippen molar-refractivity contribution in [3.8, 4) is 5.69 Å². The lowest BCUT2D eigenvalue weighted by atomic mass is 9.96. The van der Waals surface area contributed by atoms with Gasteiger partial charge in [-0.3, -0.25) is 9.78 Å². The Labute approximate surface area is 236 Å². The zero-order valence-corrected chi connectivity index (χ0v) is 24.1. The molecule has 0 radical (unpaired) electrons. The second-order valence-electron chi connectivity index (χ2n) is 10.6. The molecule has 2 atom stereocenters. The van der Waals surface area contributed by atoms with Crippen LogP contribution in [0, 0.1) is 33.6 Å². The molecular formula is C32H35N5OS. The average Bonchev–Trinajstić information content (AvgIpc) is 3.41. The Balaban J connectivity index is 1.61. The lowest BCUT2D eigenvalue weighted by Crippen LogP contribution is -2.29. The van der Waals surface area contributed by atoms with E-state index in [1.807, 2.05) is 57.3 Å². The van der Waals surface area contributed by atoms with Gasteiger partial charge in [-0.05, 0) is 99.6 Å². The third-order valence-electron chi connectivity index (χ3n) is 7.45. The summed E-state index contributed by atoms with van der Waals surface area (Å²) in [6.07, 6.45) is 1.83. The molecule has 6 nitrogen and oxygen atoms in total. The standard InChI is InChI=1S/C32H35N5OS/c1-19(2)31(38)34-27-15-14-25(17-21(27)4)37-30(29(35-32(37)39)28-9-7-8-16-33-28)26-18-22(5)36(23(26)6)24-12-10-20(3)11-13-24/h7-19,29-30H,1-6H3,(H,34,38)(H,35,39). The number of anilines is 2. The molecule has 1 saturated heterocycles. The van der Waals surface area contributed by atoms with Crippen LogP contribution in [0.4, 0.5) is 11.4 Å². The maximum Gasteiger partial charge on any atom is 0.226 e. The third kappa shape index (κ3) is 5.06. The Morgan fingerprint density at radius 3 is 2.33 bits per heavy atom. The van der Waals surface area contributed by atoms with Crippen molar-refractivity contribution in [3.05, 3.63) is 107 Å². The Kier molecular flexibility index (Phi) is 7.28. The van der Waals surface area contributed by atoms with Gasteiger partial charge in [0.05, 0.1) is 17.8 Å². The van der Waals surface area contributed by atoms with Crippen LogP contribution < -0.4 is 15.5 Å². The molecule has 2 unspecified atom stereocenters. The molecule has 3 heterocycles. The predicted molar refractivity (Wildman–Crippen MR) is 163 cm³/mol. The van der Waals surface area contributed by atoms with Gasteiger partial charge < -0.3 is 20.1 Å². The molecule has 1 fully saturated rings. The van der Waals surface area contributed by atoms with Crippen molar-refractivity contribution in [2.75, 3.05) is 10.2 Å². The number of pyridine rings is 1. The van der Waals surface area contributed by atoms with Gasteiger partial charge in [0.15, 0.2) is 5.11 Å². The number of benzene rings is 2. The number of thiocarbonyl (C=S) groups is 1. The van der Waals surface area contributed by atoms with E-state index in [1.54, 1.807) is 0 Å². The van der Waals surface area contributed by atoms with Gasteiger partial charge in [-0.1, -0.05) is 37.6 Å². The predicted octanol–water partition coefficient (Wildman–Crippen LogP) is 6.88. The lowest BCUT2D eigenvalue weighted by molar-refractivity contribution is -0.118. The summed E-state index contributed by atoms with van der Waals surface area (Å²) in [7, 11) is 0. The van der Waals surface area contributed by atoms with Crippen LogP contribution in [0.25, 0.3) is 5.69 Å². The highest BCUT2D eigenvalue weighted by molar-refractivity contribution is 7.80. The third-order valence-corrected chi connectivity index (χ3v) is 7.76. The number of carbonyl (C=O) groups is 1. The van der Waals surface area contributed by atoms with Crippen LogP contribution in [-0.4, -0.2) is 20.6 Å². The van der Waals surface area contributed by atoms with Gasteiger partial charge in [0, 0.05) is 40.6 Å². The minimum Gasteiger partial charge on any atom is -0.351 e. The zero-order valence-electron chi connectivity index (χ0n) is 23.3. The monoisotopic (exact) mass is 537 g/mol. The van der Waals surface area contributed by atoms with Gasteiger partial charge in [0.2, 0.25) is 5.91 Å². The minimum absolute atomic E-state index is 0.000785. The molecule has 0 bridgehead atoms. The van der Waals surface area contributed by atoms with Gasteiger partial charge in [0.25, 0.3) is 0 Å². The second-order valence-corrected chi connectivity index (χ2v) is 11.0. The summed E-state index contributed by atoms with van der Waals surface area (Å²) in [6, 6.07) is 22.7. The molecule has 1 aliphatic heterocycles. The molecule has 5 rings (SSSR count). The van der Waals surface area contributed by atoms with E-state index in [4.69, 9.17) is 17.2 Å². The number of carbonyl (C=O) groups excluding carboxylic acids is 1. The van der Waals surface area contributed by atoms with E-state index in [0.717, 1.165) is 39.7 Å². The topological polar surface area (TPSA) is 62.2 Å². The summed E-state index contributed by atoms with van der Waals surface area (Å²) >= 11 is 5.96. The average molecular weight is 538 g/mol. The van der Waals surface area contributed by atoms with E-state index in [1.165, 1.54) is 11.1 Å². The number of hydrogen-bond donors (Lipinski definition) is 2. The number of nitrogens with one attached hydrogen (secondary N) is 2. The van der Waals surface area contributed by atoms with E-state index < -0.39 is 0 Å². The number of aryl methyl sites for hydroxylation is 3. The van der Waals surface area contributed by atoms with Crippen molar-refractivity contribution < 1.29 is 4.79 Å².